The summed E-state index contributed by atoms with van der Waals surface area (Å²) in [4.78, 5) is 16.7. The van der Waals surface area contributed by atoms with Crippen molar-refractivity contribution in [3.8, 4) is 5.69 Å². The Balaban J connectivity index is 1.41. The number of aliphatic hydroxyl groups excluding tert-OH is 1. The molecule has 1 atom stereocenters. The van der Waals surface area contributed by atoms with Crippen LogP contribution in [0, 0.1) is 0 Å². The first kappa shape index (κ1) is 21.4. The van der Waals surface area contributed by atoms with Gasteiger partial charge in [0.1, 0.15) is 5.82 Å². The van der Waals surface area contributed by atoms with E-state index in [1.165, 1.54) is 6.20 Å². The topological polar surface area (TPSA) is 104 Å². The Morgan fingerprint density at radius 3 is 2.69 bits per heavy atom. The number of halogens is 1. The number of para-hydroxylation sites is 1. The van der Waals surface area contributed by atoms with Gasteiger partial charge in [-0.05, 0) is 35.9 Å². The predicted molar refractivity (Wildman–Crippen MR) is 125 cm³/mol. The summed E-state index contributed by atoms with van der Waals surface area (Å²) in [5.74, 6) is 0.670. The summed E-state index contributed by atoms with van der Waals surface area (Å²) in [6.07, 6.45) is 4.91. The molecular weight excluding hydrogens is 428 g/mol. The van der Waals surface area contributed by atoms with Crippen LogP contribution in [0.15, 0.2) is 85.3 Å². The molecule has 0 saturated heterocycles. The van der Waals surface area contributed by atoms with E-state index >= 15 is 0 Å². The minimum absolute atomic E-state index is 0.263. The van der Waals surface area contributed by atoms with Crippen molar-refractivity contribution >= 4 is 34.8 Å². The summed E-state index contributed by atoms with van der Waals surface area (Å²) in [6, 6.07) is 19.3. The molecule has 0 spiro atoms. The molecule has 0 aliphatic rings. The number of aromatic nitrogens is 3. The number of anilines is 3. The number of nitrogens with one attached hydrogen (secondary N) is 3. The van der Waals surface area contributed by atoms with Crippen molar-refractivity contribution in [2.45, 2.75) is 6.04 Å². The zero-order chi connectivity index (χ0) is 22.3. The van der Waals surface area contributed by atoms with Gasteiger partial charge in [0.25, 0.3) is 0 Å². The third kappa shape index (κ3) is 5.42. The van der Waals surface area contributed by atoms with Crippen molar-refractivity contribution in [3.05, 3.63) is 95.9 Å². The number of urea groups is 1. The molecule has 8 nitrogen and oxygen atoms in total. The molecular formula is C23H21ClN6O2. The number of rotatable bonds is 7. The Bertz CT molecular complexity index is 1200. The largest absolute Gasteiger partial charge is 0.394 e. The number of carbonyl (C=O) groups excluding carboxylic acids is 1. The van der Waals surface area contributed by atoms with E-state index in [2.05, 4.69) is 26.0 Å². The zero-order valence-corrected chi connectivity index (χ0v) is 17.7. The molecule has 0 radical (unpaired) electrons. The Labute approximate surface area is 189 Å². The van der Waals surface area contributed by atoms with Crippen LogP contribution in [0.2, 0.25) is 5.02 Å². The standard InChI is InChI=1S/C23H21ClN6O2/c24-17-6-4-5-16(11-17)21(15-31)29-23(32)28-19-13-26-30(14-19)20-9-10-25-22(12-20)27-18-7-2-1-3-8-18/h1-14,21,31H,15H2,(H,25,27)(H2,28,29,32)/t21-/m0/s1. The van der Waals surface area contributed by atoms with Gasteiger partial charge in [0, 0.05) is 23.0 Å². The highest BCUT2D eigenvalue weighted by Gasteiger charge is 2.15. The molecule has 0 fully saturated rings. The molecule has 4 aromatic rings. The fourth-order valence-corrected chi connectivity index (χ4v) is 3.31. The highest BCUT2D eigenvalue weighted by molar-refractivity contribution is 6.30. The Hall–Kier alpha value is -3.88. The summed E-state index contributed by atoms with van der Waals surface area (Å²) in [5, 5.41) is 23.2. The van der Waals surface area contributed by atoms with Crippen molar-refractivity contribution in [1.82, 2.24) is 20.1 Å². The number of amides is 2. The predicted octanol–water partition coefficient (Wildman–Crippen LogP) is 4.52. The SMILES string of the molecule is O=C(Nc1cnn(-c2ccnc(Nc3ccccc3)c2)c1)N[C@@H](CO)c1cccc(Cl)c1. The molecule has 0 aliphatic heterocycles. The number of hydrogen-bond acceptors (Lipinski definition) is 5. The van der Waals surface area contributed by atoms with Crippen molar-refractivity contribution in [3.63, 3.8) is 0 Å². The van der Waals surface area contributed by atoms with Gasteiger partial charge in [0.05, 0.1) is 36.4 Å². The quantitative estimate of drug-likeness (QED) is 0.333. The molecule has 4 rings (SSSR count). The normalized spacial score (nSPS) is 11.6. The van der Waals surface area contributed by atoms with Crippen molar-refractivity contribution in [2.24, 2.45) is 0 Å². The molecule has 2 amide bonds. The van der Waals surface area contributed by atoms with Gasteiger partial charge >= 0.3 is 6.03 Å². The van der Waals surface area contributed by atoms with Gasteiger partial charge in [-0.3, -0.25) is 0 Å². The second-order valence-electron chi connectivity index (χ2n) is 6.95. The summed E-state index contributed by atoms with van der Waals surface area (Å²) in [7, 11) is 0. The average molecular weight is 449 g/mol. The van der Waals surface area contributed by atoms with E-state index in [1.54, 1.807) is 41.3 Å². The van der Waals surface area contributed by atoms with E-state index in [-0.39, 0.29) is 6.61 Å². The molecule has 162 valence electrons. The van der Waals surface area contributed by atoms with Crippen LogP contribution in [0.25, 0.3) is 5.69 Å². The van der Waals surface area contributed by atoms with E-state index in [0.29, 0.717) is 22.1 Å². The van der Waals surface area contributed by atoms with Gasteiger partial charge in [0.2, 0.25) is 0 Å². The third-order valence-electron chi connectivity index (χ3n) is 4.63. The van der Waals surface area contributed by atoms with Gasteiger partial charge in [0.15, 0.2) is 0 Å². The maximum atomic E-state index is 12.4. The average Bonchev–Trinajstić information content (AvgIpc) is 3.27. The van der Waals surface area contributed by atoms with Crippen LogP contribution in [0.5, 0.6) is 0 Å². The fourth-order valence-electron chi connectivity index (χ4n) is 3.11. The third-order valence-corrected chi connectivity index (χ3v) is 4.87. The molecule has 0 saturated carbocycles. The number of benzene rings is 2. The van der Waals surface area contributed by atoms with Gasteiger partial charge in [-0.1, -0.05) is 41.9 Å². The van der Waals surface area contributed by atoms with Gasteiger partial charge in [-0.2, -0.15) is 5.10 Å². The van der Waals surface area contributed by atoms with Crippen LogP contribution in [-0.4, -0.2) is 32.5 Å². The smallest absolute Gasteiger partial charge is 0.319 e. The molecule has 9 heteroatoms. The monoisotopic (exact) mass is 448 g/mol. The highest BCUT2D eigenvalue weighted by Crippen LogP contribution is 2.19. The number of carbonyl (C=O) groups is 1. The summed E-state index contributed by atoms with van der Waals surface area (Å²) < 4.78 is 1.63. The number of aliphatic hydroxyl groups is 1. The molecule has 0 unspecified atom stereocenters. The maximum Gasteiger partial charge on any atom is 0.319 e. The van der Waals surface area contributed by atoms with Crippen LogP contribution in [0.4, 0.5) is 22.0 Å². The summed E-state index contributed by atoms with van der Waals surface area (Å²) in [5.41, 5.74) is 2.91. The molecule has 2 aromatic carbocycles. The minimum Gasteiger partial charge on any atom is -0.394 e. The summed E-state index contributed by atoms with van der Waals surface area (Å²) in [6.45, 7) is -0.263. The van der Waals surface area contributed by atoms with E-state index in [0.717, 1.165) is 11.4 Å². The van der Waals surface area contributed by atoms with Gasteiger partial charge in [-0.25, -0.2) is 14.5 Å². The van der Waals surface area contributed by atoms with Crippen molar-refractivity contribution in [2.75, 3.05) is 17.2 Å². The highest BCUT2D eigenvalue weighted by atomic mass is 35.5. The molecule has 0 aliphatic carbocycles. The molecule has 2 aromatic heterocycles. The zero-order valence-electron chi connectivity index (χ0n) is 16.9. The minimum atomic E-state index is -0.587. The molecule has 2 heterocycles. The lowest BCUT2D eigenvalue weighted by molar-refractivity contribution is 0.225. The van der Waals surface area contributed by atoms with Crippen LogP contribution in [0.3, 0.4) is 0 Å². The van der Waals surface area contributed by atoms with E-state index in [4.69, 9.17) is 11.6 Å². The van der Waals surface area contributed by atoms with Crippen LogP contribution in [0.1, 0.15) is 11.6 Å². The van der Waals surface area contributed by atoms with Gasteiger partial charge in [-0.15, -0.1) is 0 Å². The van der Waals surface area contributed by atoms with Crippen LogP contribution < -0.4 is 16.0 Å². The fraction of sp³-hybridized carbons (Fsp3) is 0.0870. The molecule has 0 bridgehead atoms. The lowest BCUT2D eigenvalue weighted by Crippen LogP contribution is -2.34. The first-order chi connectivity index (χ1) is 15.6. The summed E-state index contributed by atoms with van der Waals surface area (Å²) >= 11 is 6.00. The van der Waals surface area contributed by atoms with E-state index < -0.39 is 12.1 Å². The Kier molecular flexibility index (Phi) is 6.64. The molecule has 4 N–H and O–H groups in total. The van der Waals surface area contributed by atoms with Crippen molar-refractivity contribution in [1.29, 1.82) is 0 Å². The van der Waals surface area contributed by atoms with E-state index in [9.17, 15) is 9.90 Å². The van der Waals surface area contributed by atoms with E-state index in [1.807, 2.05) is 42.5 Å². The Morgan fingerprint density at radius 2 is 1.91 bits per heavy atom. The number of hydrogen-bond donors (Lipinski definition) is 4. The maximum absolute atomic E-state index is 12.4. The van der Waals surface area contributed by atoms with Crippen LogP contribution >= 0.6 is 11.6 Å². The second kappa shape index (κ2) is 9.95. The second-order valence-corrected chi connectivity index (χ2v) is 7.39. The lowest BCUT2D eigenvalue weighted by Gasteiger charge is -2.17. The lowest BCUT2D eigenvalue weighted by atomic mass is 10.1. The Morgan fingerprint density at radius 1 is 1.06 bits per heavy atom. The first-order valence-electron chi connectivity index (χ1n) is 9.88. The number of nitrogens with zero attached hydrogens (tertiary/aromatic N) is 3. The first-order valence-corrected chi connectivity index (χ1v) is 10.3. The van der Waals surface area contributed by atoms with Gasteiger partial charge < -0.3 is 21.1 Å². The number of pyridine rings is 1. The van der Waals surface area contributed by atoms with Crippen LogP contribution in [-0.2, 0) is 0 Å². The van der Waals surface area contributed by atoms with Crippen molar-refractivity contribution < 1.29 is 9.90 Å². The molecule has 32 heavy (non-hydrogen) atoms.